The Morgan fingerprint density at radius 1 is 1.33 bits per heavy atom. The third kappa shape index (κ3) is 4.01. The Balaban J connectivity index is 2.14. The molecule has 1 saturated heterocycles. The fourth-order valence-corrected chi connectivity index (χ4v) is 5.96. The first kappa shape index (κ1) is 17.3. The molecule has 21 heavy (non-hydrogen) atoms. The number of halogens is 1. The van der Waals surface area contributed by atoms with Crippen molar-refractivity contribution in [2.75, 3.05) is 13.1 Å². The summed E-state index contributed by atoms with van der Waals surface area (Å²) in [5, 5.41) is 1.83. The second kappa shape index (κ2) is 6.57. The van der Waals surface area contributed by atoms with E-state index in [1.54, 1.807) is 10.4 Å². The van der Waals surface area contributed by atoms with E-state index in [9.17, 15) is 8.42 Å². The second-order valence-electron chi connectivity index (χ2n) is 6.81. The van der Waals surface area contributed by atoms with Gasteiger partial charge in [0, 0.05) is 19.0 Å². The molecule has 0 bridgehead atoms. The summed E-state index contributed by atoms with van der Waals surface area (Å²) in [6.07, 6.45) is 2.98. The van der Waals surface area contributed by atoms with Crippen molar-refractivity contribution in [3.8, 4) is 0 Å². The highest BCUT2D eigenvalue weighted by atomic mass is 35.5. The van der Waals surface area contributed by atoms with Crippen LogP contribution in [0.25, 0.3) is 0 Å². The van der Waals surface area contributed by atoms with Crippen LogP contribution in [0.1, 0.15) is 45.6 Å². The van der Waals surface area contributed by atoms with Crippen molar-refractivity contribution in [3.63, 3.8) is 0 Å². The summed E-state index contributed by atoms with van der Waals surface area (Å²) in [6.45, 7) is 7.98. The summed E-state index contributed by atoms with van der Waals surface area (Å²) < 4.78 is 27.5. The lowest BCUT2D eigenvalue weighted by molar-refractivity contribution is 0.217. The second-order valence-corrected chi connectivity index (χ2v) is 10.1. The Morgan fingerprint density at radius 3 is 2.62 bits per heavy atom. The maximum absolute atomic E-state index is 12.7. The monoisotopic (exact) mass is 349 g/mol. The molecule has 0 amide bonds. The minimum Gasteiger partial charge on any atom is -0.206 e. The third-order valence-corrected chi connectivity index (χ3v) is 7.96. The smallest absolute Gasteiger partial charge is 0.206 e. The van der Waals surface area contributed by atoms with E-state index in [1.165, 1.54) is 11.3 Å². The molecule has 0 saturated carbocycles. The van der Waals surface area contributed by atoms with E-state index in [0.29, 0.717) is 29.1 Å². The van der Waals surface area contributed by atoms with Crippen molar-refractivity contribution in [2.45, 2.75) is 50.1 Å². The number of alkyl halides is 1. The minimum absolute atomic E-state index is 0.245. The standard InChI is InChI=1S/C15H24ClNO2S2/c1-15(2,3)13-5-4-7-17(8-6-13)21(18,19)14-9-12(10-16)11-20-14/h9,11,13H,4-8,10H2,1-3H3. The zero-order chi connectivity index (χ0) is 15.7. The first-order valence-corrected chi connectivity index (χ1v) is 10.2. The molecule has 2 rings (SSSR count). The highest BCUT2D eigenvalue weighted by molar-refractivity contribution is 7.91. The predicted octanol–water partition coefficient (Wildman–Crippen LogP) is 4.32. The Labute approximate surface area is 137 Å². The van der Waals surface area contributed by atoms with E-state index in [-0.39, 0.29) is 5.41 Å². The first-order valence-electron chi connectivity index (χ1n) is 7.38. The van der Waals surface area contributed by atoms with Gasteiger partial charge in [0.2, 0.25) is 0 Å². The Morgan fingerprint density at radius 2 is 2.05 bits per heavy atom. The maximum atomic E-state index is 12.7. The lowest BCUT2D eigenvalue weighted by Crippen LogP contribution is -2.32. The van der Waals surface area contributed by atoms with E-state index in [1.807, 2.05) is 5.38 Å². The van der Waals surface area contributed by atoms with E-state index in [0.717, 1.165) is 24.8 Å². The number of rotatable bonds is 3. The minimum atomic E-state index is -3.35. The van der Waals surface area contributed by atoms with Crippen LogP contribution in [0.5, 0.6) is 0 Å². The molecule has 0 aliphatic carbocycles. The molecule has 1 atom stereocenters. The van der Waals surface area contributed by atoms with Gasteiger partial charge in [-0.15, -0.1) is 22.9 Å². The Bertz CT molecular complexity index is 575. The lowest BCUT2D eigenvalue weighted by atomic mass is 9.77. The molecule has 6 heteroatoms. The van der Waals surface area contributed by atoms with Gasteiger partial charge < -0.3 is 0 Å². The molecule has 1 aromatic rings. The van der Waals surface area contributed by atoms with Crippen molar-refractivity contribution in [3.05, 3.63) is 17.0 Å². The molecule has 1 unspecified atom stereocenters. The molecular formula is C15H24ClNO2S2. The Hall–Kier alpha value is -0.100. The third-order valence-electron chi connectivity index (χ3n) is 4.29. The highest BCUT2D eigenvalue weighted by Crippen LogP contribution is 2.35. The number of sulfonamides is 1. The Kier molecular flexibility index (Phi) is 5.40. The largest absolute Gasteiger partial charge is 0.252 e. The van der Waals surface area contributed by atoms with Crippen LogP contribution in [0.3, 0.4) is 0 Å². The van der Waals surface area contributed by atoms with Crippen LogP contribution in [-0.4, -0.2) is 25.8 Å². The van der Waals surface area contributed by atoms with Crippen molar-refractivity contribution >= 4 is 33.0 Å². The van der Waals surface area contributed by atoms with E-state index in [4.69, 9.17) is 11.6 Å². The van der Waals surface area contributed by atoms with E-state index in [2.05, 4.69) is 20.8 Å². The van der Waals surface area contributed by atoms with Crippen LogP contribution >= 0.6 is 22.9 Å². The number of nitrogens with zero attached hydrogens (tertiary/aromatic N) is 1. The molecule has 0 N–H and O–H groups in total. The molecule has 1 aliphatic rings. The fourth-order valence-electron chi connectivity index (χ4n) is 2.86. The summed E-state index contributed by atoms with van der Waals surface area (Å²) in [6, 6.07) is 1.71. The van der Waals surface area contributed by atoms with Gasteiger partial charge in [0.1, 0.15) is 4.21 Å². The van der Waals surface area contributed by atoms with Gasteiger partial charge in [-0.1, -0.05) is 20.8 Å². The van der Waals surface area contributed by atoms with Crippen molar-refractivity contribution < 1.29 is 8.42 Å². The molecule has 2 heterocycles. The van der Waals surface area contributed by atoms with Gasteiger partial charge in [-0.05, 0) is 47.6 Å². The van der Waals surface area contributed by atoms with Crippen molar-refractivity contribution in [1.82, 2.24) is 4.31 Å². The summed E-state index contributed by atoms with van der Waals surface area (Å²) in [5.74, 6) is 0.942. The highest BCUT2D eigenvalue weighted by Gasteiger charge is 2.32. The molecule has 3 nitrogen and oxygen atoms in total. The topological polar surface area (TPSA) is 37.4 Å². The van der Waals surface area contributed by atoms with Crippen LogP contribution in [0.2, 0.25) is 0 Å². The average molecular weight is 350 g/mol. The van der Waals surface area contributed by atoms with Gasteiger partial charge in [-0.2, -0.15) is 4.31 Å². The normalized spacial score (nSPS) is 22.2. The SMILES string of the molecule is CC(C)(C)C1CCCN(S(=O)(=O)c2cc(CCl)cs2)CC1. The quantitative estimate of drug-likeness (QED) is 0.762. The fraction of sp³-hybridized carbons (Fsp3) is 0.733. The molecule has 120 valence electrons. The molecule has 1 fully saturated rings. The van der Waals surface area contributed by atoms with Gasteiger partial charge in [0.05, 0.1) is 0 Å². The van der Waals surface area contributed by atoms with Gasteiger partial charge >= 0.3 is 0 Å². The molecule has 0 aromatic carbocycles. The number of thiophene rings is 1. The first-order chi connectivity index (χ1) is 9.75. The van der Waals surface area contributed by atoms with Crippen LogP contribution in [-0.2, 0) is 15.9 Å². The van der Waals surface area contributed by atoms with Crippen molar-refractivity contribution in [1.29, 1.82) is 0 Å². The van der Waals surface area contributed by atoms with Gasteiger partial charge in [-0.3, -0.25) is 0 Å². The number of hydrogen-bond donors (Lipinski definition) is 0. The lowest BCUT2D eigenvalue weighted by Gasteiger charge is -2.29. The van der Waals surface area contributed by atoms with Crippen LogP contribution in [0, 0.1) is 11.3 Å². The van der Waals surface area contributed by atoms with Gasteiger partial charge in [-0.25, -0.2) is 8.42 Å². The van der Waals surface area contributed by atoms with Crippen LogP contribution < -0.4 is 0 Å². The zero-order valence-corrected chi connectivity index (χ0v) is 15.3. The summed E-state index contributed by atoms with van der Waals surface area (Å²) in [5.41, 5.74) is 1.12. The molecule has 0 radical (unpaired) electrons. The zero-order valence-electron chi connectivity index (χ0n) is 12.9. The van der Waals surface area contributed by atoms with E-state index >= 15 is 0 Å². The van der Waals surface area contributed by atoms with Crippen LogP contribution in [0.15, 0.2) is 15.7 Å². The number of hydrogen-bond acceptors (Lipinski definition) is 3. The summed E-state index contributed by atoms with van der Waals surface area (Å²) in [7, 11) is -3.35. The van der Waals surface area contributed by atoms with Gasteiger partial charge in [0.15, 0.2) is 0 Å². The van der Waals surface area contributed by atoms with Gasteiger partial charge in [0.25, 0.3) is 10.0 Å². The summed E-state index contributed by atoms with van der Waals surface area (Å²) >= 11 is 7.04. The summed E-state index contributed by atoms with van der Waals surface area (Å²) in [4.78, 5) is 0. The van der Waals surface area contributed by atoms with Crippen molar-refractivity contribution in [2.24, 2.45) is 11.3 Å². The maximum Gasteiger partial charge on any atom is 0.252 e. The van der Waals surface area contributed by atoms with E-state index < -0.39 is 10.0 Å². The molecule has 1 aromatic heterocycles. The predicted molar refractivity (Wildman–Crippen MR) is 89.4 cm³/mol. The average Bonchev–Trinajstić information content (AvgIpc) is 2.73. The molecule has 0 spiro atoms. The van der Waals surface area contributed by atoms with Crippen LogP contribution in [0.4, 0.5) is 0 Å². The molecule has 1 aliphatic heterocycles. The molecular weight excluding hydrogens is 326 g/mol.